The molecular formula is C14H25BrN2O3SSi. The van der Waals surface area contributed by atoms with Crippen LogP contribution in [0.25, 0.3) is 0 Å². The first-order valence-electron chi connectivity index (χ1n) is 7.17. The number of nitrogens with zero attached hydrogens (tertiary/aromatic N) is 2. The lowest BCUT2D eigenvalue weighted by Crippen LogP contribution is -2.38. The van der Waals surface area contributed by atoms with E-state index in [9.17, 15) is 4.79 Å². The molecule has 0 radical (unpaired) electrons. The Hall–Kier alpha value is -0.443. The Morgan fingerprint density at radius 3 is 2.50 bits per heavy atom. The van der Waals surface area contributed by atoms with Gasteiger partial charge in [0.1, 0.15) is 12.3 Å². The molecule has 0 spiro atoms. The van der Waals surface area contributed by atoms with Gasteiger partial charge in [0.05, 0.1) is 9.98 Å². The van der Waals surface area contributed by atoms with Gasteiger partial charge in [0.2, 0.25) is 0 Å². The second-order valence-electron chi connectivity index (χ2n) is 7.20. The van der Waals surface area contributed by atoms with Gasteiger partial charge in [0, 0.05) is 14.7 Å². The molecule has 1 amide bonds. The lowest BCUT2D eigenvalue weighted by Gasteiger charge is -2.26. The molecule has 0 aromatic carbocycles. The van der Waals surface area contributed by atoms with Gasteiger partial charge >= 0.3 is 6.09 Å². The Kier molecular flexibility index (Phi) is 7.04. The number of halogens is 1. The second-order valence-corrected chi connectivity index (χ2v) is 15.2. The quantitative estimate of drug-likeness (QED) is 0.379. The van der Waals surface area contributed by atoms with Crippen LogP contribution < -0.4 is 4.90 Å². The Labute approximate surface area is 146 Å². The highest BCUT2D eigenvalue weighted by Crippen LogP contribution is 2.28. The summed E-state index contributed by atoms with van der Waals surface area (Å²) in [7, 11) is -1.15. The average molecular weight is 409 g/mol. The zero-order valence-electron chi connectivity index (χ0n) is 14.1. The molecule has 0 aliphatic heterocycles. The van der Waals surface area contributed by atoms with Crippen molar-refractivity contribution < 1.29 is 14.3 Å². The Morgan fingerprint density at radius 2 is 2.05 bits per heavy atom. The summed E-state index contributed by atoms with van der Waals surface area (Å²) < 4.78 is 12.0. The van der Waals surface area contributed by atoms with Gasteiger partial charge in [-0.05, 0) is 42.7 Å². The lowest BCUT2D eigenvalue weighted by molar-refractivity contribution is 0.0500. The zero-order valence-corrected chi connectivity index (χ0v) is 17.5. The van der Waals surface area contributed by atoms with Crippen molar-refractivity contribution in [1.82, 2.24) is 4.98 Å². The Morgan fingerprint density at radius 1 is 1.41 bits per heavy atom. The summed E-state index contributed by atoms with van der Waals surface area (Å²) in [6, 6.07) is 1.05. The molecule has 5 nitrogen and oxygen atoms in total. The maximum absolute atomic E-state index is 12.3. The molecule has 0 unspecified atom stereocenters. The fourth-order valence-electron chi connectivity index (χ4n) is 1.41. The lowest BCUT2D eigenvalue weighted by atomic mass is 10.2. The van der Waals surface area contributed by atoms with E-state index in [1.54, 1.807) is 6.20 Å². The molecule has 0 atom stereocenters. The van der Waals surface area contributed by atoms with Crippen molar-refractivity contribution in [2.45, 2.75) is 52.1 Å². The molecule has 0 saturated carbocycles. The molecule has 1 aromatic heterocycles. The predicted octanol–water partition coefficient (Wildman–Crippen LogP) is 4.96. The minimum atomic E-state index is -1.15. The highest BCUT2D eigenvalue weighted by Gasteiger charge is 2.25. The summed E-state index contributed by atoms with van der Waals surface area (Å²) in [6.45, 7) is 13.2. The largest absolute Gasteiger partial charge is 0.443 e. The van der Waals surface area contributed by atoms with E-state index in [1.165, 1.54) is 16.2 Å². The number of rotatable bonds is 6. The van der Waals surface area contributed by atoms with Crippen LogP contribution in [0, 0.1) is 0 Å². The molecule has 1 rings (SSSR count). The number of amides is 1. The molecular weight excluding hydrogens is 384 g/mol. The topological polar surface area (TPSA) is 51.7 Å². The second kappa shape index (κ2) is 7.90. The van der Waals surface area contributed by atoms with E-state index in [1.807, 2.05) is 20.8 Å². The van der Waals surface area contributed by atoms with Gasteiger partial charge in [0.15, 0.2) is 5.13 Å². The third-order valence-electron chi connectivity index (χ3n) is 2.53. The molecule has 126 valence electrons. The van der Waals surface area contributed by atoms with E-state index in [2.05, 4.69) is 40.6 Å². The highest BCUT2D eigenvalue weighted by molar-refractivity contribution is 9.11. The maximum atomic E-state index is 12.3. The van der Waals surface area contributed by atoms with Crippen LogP contribution in [-0.4, -0.2) is 38.1 Å². The molecule has 8 heteroatoms. The van der Waals surface area contributed by atoms with Crippen molar-refractivity contribution in [3.8, 4) is 0 Å². The molecule has 0 bridgehead atoms. The van der Waals surface area contributed by atoms with E-state index in [-0.39, 0.29) is 6.73 Å². The minimum Gasteiger partial charge on any atom is -0.443 e. The smallest absolute Gasteiger partial charge is 0.418 e. The van der Waals surface area contributed by atoms with E-state index in [4.69, 9.17) is 9.47 Å². The molecule has 0 fully saturated rings. The van der Waals surface area contributed by atoms with Gasteiger partial charge in [-0.25, -0.2) is 14.7 Å². The number of carbonyl (C=O) groups is 1. The van der Waals surface area contributed by atoms with Gasteiger partial charge < -0.3 is 9.47 Å². The molecule has 0 saturated heterocycles. The van der Waals surface area contributed by atoms with Crippen molar-refractivity contribution in [1.29, 1.82) is 0 Å². The van der Waals surface area contributed by atoms with Crippen LogP contribution in [0.4, 0.5) is 9.93 Å². The van der Waals surface area contributed by atoms with E-state index < -0.39 is 19.8 Å². The van der Waals surface area contributed by atoms with Crippen LogP contribution >= 0.6 is 27.3 Å². The number of hydrogen-bond acceptors (Lipinski definition) is 5. The van der Waals surface area contributed by atoms with Gasteiger partial charge in [-0.1, -0.05) is 31.0 Å². The summed E-state index contributed by atoms with van der Waals surface area (Å²) in [6.07, 6.45) is 1.22. The van der Waals surface area contributed by atoms with Crippen LogP contribution in [-0.2, 0) is 9.47 Å². The van der Waals surface area contributed by atoms with Gasteiger partial charge in [0.25, 0.3) is 0 Å². The molecule has 1 heterocycles. The summed E-state index contributed by atoms with van der Waals surface area (Å²) in [4.78, 5) is 18.0. The normalized spacial score (nSPS) is 12.3. The number of aromatic nitrogens is 1. The third kappa shape index (κ3) is 7.71. The van der Waals surface area contributed by atoms with E-state index in [0.29, 0.717) is 11.7 Å². The molecule has 0 N–H and O–H groups in total. The molecule has 1 aromatic rings. The van der Waals surface area contributed by atoms with Crippen LogP contribution in [0.2, 0.25) is 25.7 Å². The van der Waals surface area contributed by atoms with Gasteiger partial charge in [-0.2, -0.15) is 0 Å². The summed E-state index contributed by atoms with van der Waals surface area (Å²) in [5.74, 6) is 0. The number of anilines is 1. The summed E-state index contributed by atoms with van der Waals surface area (Å²) >= 11 is 4.73. The number of carbonyl (C=O) groups excluding carboxylic acids is 1. The van der Waals surface area contributed by atoms with E-state index >= 15 is 0 Å². The van der Waals surface area contributed by atoms with Crippen LogP contribution in [0.3, 0.4) is 0 Å². The van der Waals surface area contributed by atoms with Crippen LogP contribution in [0.1, 0.15) is 20.8 Å². The highest BCUT2D eigenvalue weighted by atomic mass is 79.9. The number of hydrogen-bond donors (Lipinski definition) is 0. The molecule has 22 heavy (non-hydrogen) atoms. The van der Waals surface area contributed by atoms with Crippen LogP contribution in [0.5, 0.6) is 0 Å². The van der Waals surface area contributed by atoms with Crippen molar-refractivity contribution in [2.75, 3.05) is 18.2 Å². The van der Waals surface area contributed by atoms with Gasteiger partial charge in [-0.3, -0.25) is 0 Å². The minimum absolute atomic E-state index is 0.152. The average Bonchev–Trinajstić information content (AvgIpc) is 2.71. The first kappa shape index (κ1) is 19.6. The van der Waals surface area contributed by atoms with Crippen molar-refractivity contribution in [3.63, 3.8) is 0 Å². The standard InChI is InChI=1S/C14H25BrN2O3SSi/c1-14(2,3)20-13(18)17(12-16-9-11(15)21-12)10-19-7-8-22(4,5)6/h9H,7-8,10H2,1-6H3. The van der Waals surface area contributed by atoms with Crippen molar-refractivity contribution in [2.24, 2.45) is 0 Å². The molecule has 0 aliphatic rings. The van der Waals surface area contributed by atoms with Crippen molar-refractivity contribution in [3.05, 3.63) is 9.98 Å². The predicted molar refractivity (Wildman–Crippen MR) is 97.5 cm³/mol. The SMILES string of the molecule is CC(C)(C)OC(=O)N(COCC[Si](C)(C)C)c1ncc(Br)s1. The number of thiazole rings is 1. The monoisotopic (exact) mass is 408 g/mol. The summed E-state index contributed by atoms with van der Waals surface area (Å²) in [5.41, 5.74) is -0.553. The van der Waals surface area contributed by atoms with Gasteiger partial charge in [-0.15, -0.1) is 0 Å². The third-order valence-corrected chi connectivity index (χ3v) is 5.73. The molecule has 0 aliphatic carbocycles. The van der Waals surface area contributed by atoms with Crippen molar-refractivity contribution >= 4 is 46.6 Å². The first-order chi connectivity index (χ1) is 9.98. The number of ether oxygens (including phenoxy) is 2. The maximum Gasteiger partial charge on any atom is 0.418 e. The Bertz CT molecular complexity index is 497. The first-order valence-corrected chi connectivity index (χ1v) is 12.5. The zero-order chi connectivity index (χ0) is 17.0. The van der Waals surface area contributed by atoms with E-state index in [0.717, 1.165) is 9.83 Å². The fraction of sp³-hybridized carbons (Fsp3) is 0.714. The Balaban J connectivity index is 2.69. The van der Waals surface area contributed by atoms with Crippen LogP contribution in [0.15, 0.2) is 9.98 Å². The summed E-state index contributed by atoms with van der Waals surface area (Å²) in [5, 5.41) is 0.564. The fourth-order valence-corrected chi connectivity index (χ4v) is 3.32.